The van der Waals surface area contributed by atoms with Crippen LogP contribution in [0.3, 0.4) is 0 Å². The van der Waals surface area contributed by atoms with Gasteiger partial charge in [0.2, 0.25) is 0 Å². The van der Waals surface area contributed by atoms with Gasteiger partial charge in [0.15, 0.2) is 6.19 Å². The Morgan fingerprint density at radius 3 is 2.24 bits per heavy atom. The zero-order valence-electron chi connectivity index (χ0n) is 11.7. The first kappa shape index (κ1) is 19.2. The average Bonchev–Trinajstić information content (AvgIpc) is 2.52. The number of rotatable bonds is 2. The summed E-state index contributed by atoms with van der Waals surface area (Å²) in [6.07, 6.45) is 5.90. The van der Waals surface area contributed by atoms with Crippen LogP contribution >= 0.6 is 11.9 Å². The molecule has 0 bridgehead atoms. The number of hydrogen-bond acceptors (Lipinski definition) is 6. The van der Waals surface area contributed by atoms with Gasteiger partial charge >= 0.3 is 0 Å². The Balaban J connectivity index is 0.000000486. The predicted molar refractivity (Wildman–Crippen MR) is 82.3 cm³/mol. The van der Waals surface area contributed by atoms with E-state index in [-0.39, 0.29) is 5.82 Å². The lowest BCUT2D eigenvalue weighted by Crippen LogP contribution is -2.30. The van der Waals surface area contributed by atoms with E-state index in [9.17, 15) is 4.39 Å². The van der Waals surface area contributed by atoms with Gasteiger partial charge in [0.25, 0.3) is 0 Å². The SMILES string of the molecule is C#CCN.Fc1ccc(SN2CCOCC2)cc1.N#CN. The number of morpholine rings is 1. The van der Waals surface area contributed by atoms with Gasteiger partial charge in [0.1, 0.15) is 5.82 Å². The molecule has 0 unspecified atom stereocenters. The summed E-state index contributed by atoms with van der Waals surface area (Å²) in [7, 11) is 0. The van der Waals surface area contributed by atoms with Crippen LogP contribution in [0.5, 0.6) is 0 Å². The quantitative estimate of drug-likeness (QED) is 0.369. The number of halogens is 1. The van der Waals surface area contributed by atoms with Crippen molar-refractivity contribution >= 4 is 11.9 Å². The second-order valence-corrected chi connectivity index (χ2v) is 4.79. The Morgan fingerprint density at radius 2 is 1.81 bits per heavy atom. The molecule has 1 aliphatic rings. The molecule has 1 aliphatic heterocycles. The summed E-state index contributed by atoms with van der Waals surface area (Å²) >= 11 is 1.66. The molecule has 1 aromatic rings. The van der Waals surface area contributed by atoms with Gasteiger partial charge in [0.05, 0.1) is 19.8 Å². The van der Waals surface area contributed by atoms with Crippen molar-refractivity contribution in [2.45, 2.75) is 4.90 Å². The third-order valence-electron chi connectivity index (χ3n) is 2.14. The van der Waals surface area contributed by atoms with E-state index >= 15 is 0 Å². The maximum absolute atomic E-state index is 12.6. The summed E-state index contributed by atoms with van der Waals surface area (Å²) in [4.78, 5) is 1.08. The Labute approximate surface area is 129 Å². The minimum atomic E-state index is -0.184. The topological polar surface area (TPSA) is 88.3 Å². The second kappa shape index (κ2) is 13.2. The lowest BCUT2D eigenvalue weighted by Gasteiger charge is -2.25. The van der Waals surface area contributed by atoms with E-state index in [1.54, 1.807) is 24.1 Å². The number of nitriles is 1. The first-order valence-corrected chi connectivity index (χ1v) is 6.94. The van der Waals surface area contributed by atoms with Crippen LogP contribution in [0.25, 0.3) is 0 Å². The van der Waals surface area contributed by atoms with Crippen molar-refractivity contribution in [1.82, 2.24) is 4.31 Å². The van der Waals surface area contributed by atoms with Crippen LogP contribution in [-0.4, -0.2) is 37.2 Å². The van der Waals surface area contributed by atoms with E-state index < -0.39 is 0 Å². The number of nitrogens with two attached hydrogens (primary N) is 2. The smallest absolute Gasteiger partial charge is 0.173 e. The van der Waals surface area contributed by atoms with E-state index in [1.165, 1.54) is 18.3 Å². The molecule has 2 rings (SSSR count). The average molecular weight is 310 g/mol. The molecule has 114 valence electrons. The Kier molecular flexibility index (Phi) is 12.1. The zero-order chi connectivity index (χ0) is 15.9. The highest BCUT2D eigenvalue weighted by Gasteiger charge is 2.11. The maximum Gasteiger partial charge on any atom is 0.173 e. The minimum absolute atomic E-state index is 0.184. The summed E-state index contributed by atoms with van der Waals surface area (Å²) in [6.45, 7) is 3.78. The molecular formula is C14H19FN4OS. The van der Waals surface area contributed by atoms with Crippen molar-refractivity contribution in [3.8, 4) is 18.5 Å². The predicted octanol–water partition coefficient (Wildman–Crippen LogP) is 1.17. The molecule has 4 N–H and O–H groups in total. The highest BCUT2D eigenvalue weighted by molar-refractivity contribution is 7.97. The number of benzene rings is 1. The summed E-state index contributed by atoms with van der Waals surface area (Å²) in [5, 5.41) is 7.10. The molecule has 0 amide bonds. The highest BCUT2D eigenvalue weighted by Crippen LogP contribution is 2.23. The van der Waals surface area contributed by atoms with E-state index in [2.05, 4.69) is 22.4 Å². The van der Waals surface area contributed by atoms with E-state index in [0.717, 1.165) is 31.2 Å². The summed E-state index contributed by atoms with van der Waals surface area (Å²) < 4.78 is 20.1. The van der Waals surface area contributed by atoms with Crippen molar-refractivity contribution < 1.29 is 9.13 Å². The number of terminal acetylenes is 1. The largest absolute Gasteiger partial charge is 0.379 e. The normalized spacial score (nSPS) is 13.5. The fourth-order valence-electron chi connectivity index (χ4n) is 1.28. The van der Waals surface area contributed by atoms with Gasteiger partial charge in [-0.15, -0.1) is 6.42 Å². The zero-order valence-corrected chi connectivity index (χ0v) is 12.5. The van der Waals surface area contributed by atoms with Crippen LogP contribution in [0.1, 0.15) is 0 Å². The molecule has 0 radical (unpaired) electrons. The molecule has 0 saturated carbocycles. The lowest BCUT2D eigenvalue weighted by atomic mass is 10.4. The standard InChI is InChI=1S/C10H12FNOS.C3H5N.CH2N2/c11-9-1-3-10(4-2-9)14-12-5-7-13-8-6-12;1-2-3-4;2-1-3/h1-4H,5-8H2;1H,3-4H2;2H2. The number of nitrogens with zero attached hydrogens (tertiary/aromatic N) is 2. The van der Waals surface area contributed by atoms with Crippen LogP contribution in [-0.2, 0) is 4.74 Å². The fraction of sp³-hybridized carbons (Fsp3) is 0.357. The molecular weight excluding hydrogens is 291 g/mol. The third-order valence-corrected chi connectivity index (χ3v) is 3.24. The molecule has 0 atom stereocenters. The van der Waals surface area contributed by atoms with E-state index in [1.807, 2.05) is 0 Å². The Hall–Kier alpha value is -1.77. The van der Waals surface area contributed by atoms with Gasteiger partial charge in [-0.3, -0.25) is 0 Å². The first-order valence-electron chi connectivity index (χ1n) is 6.17. The van der Waals surface area contributed by atoms with Crippen LogP contribution in [0.4, 0.5) is 4.39 Å². The molecule has 1 saturated heterocycles. The molecule has 0 aromatic heterocycles. The summed E-state index contributed by atoms with van der Waals surface area (Å²) in [6, 6.07) is 6.58. The van der Waals surface area contributed by atoms with Crippen molar-refractivity contribution in [3.63, 3.8) is 0 Å². The van der Waals surface area contributed by atoms with Crippen LogP contribution in [0, 0.1) is 29.6 Å². The van der Waals surface area contributed by atoms with E-state index in [4.69, 9.17) is 15.7 Å². The molecule has 1 aromatic carbocycles. The van der Waals surface area contributed by atoms with E-state index in [0.29, 0.717) is 6.54 Å². The molecule has 21 heavy (non-hydrogen) atoms. The molecule has 0 aliphatic carbocycles. The summed E-state index contributed by atoms with van der Waals surface area (Å²) in [5.74, 6) is 2.02. The fourth-order valence-corrected chi connectivity index (χ4v) is 2.17. The second-order valence-electron chi connectivity index (χ2n) is 3.62. The molecule has 7 heteroatoms. The van der Waals surface area contributed by atoms with Gasteiger partial charge in [0, 0.05) is 18.0 Å². The van der Waals surface area contributed by atoms with Crippen LogP contribution < -0.4 is 11.5 Å². The molecule has 1 heterocycles. The number of ether oxygens (including phenoxy) is 1. The van der Waals surface area contributed by atoms with Gasteiger partial charge in [-0.25, -0.2) is 8.70 Å². The maximum atomic E-state index is 12.6. The van der Waals surface area contributed by atoms with Crippen molar-refractivity contribution in [2.24, 2.45) is 11.5 Å². The van der Waals surface area contributed by atoms with Gasteiger partial charge in [-0.2, -0.15) is 5.26 Å². The van der Waals surface area contributed by atoms with Crippen molar-refractivity contribution in [1.29, 1.82) is 5.26 Å². The minimum Gasteiger partial charge on any atom is -0.379 e. The summed E-state index contributed by atoms with van der Waals surface area (Å²) in [5.41, 5.74) is 8.94. The molecule has 1 fully saturated rings. The Morgan fingerprint density at radius 1 is 1.33 bits per heavy atom. The Bertz CT molecular complexity index is 450. The van der Waals surface area contributed by atoms with Gasteiger partial charge in [-0.05, 0) is 36.2 Å². The lowest BCUT2D eigenvalue weighted by molar-refractivity contribution is 0.0773. The third kappa shape index (κ3) is 10.7. The van der Waals surface area contributed by atoms with Crippen molar-refractivity contribution in [3.05, 3.63) is 30.1 Å². The number of hydrogen-bond donors (Lipinski definition) is 2. The monoisotopic (exact) mass is 310 g/mol. The first-order chi connectivity index (χ1) is 10.2. The van der Waals surface area contributed by atoms with Gasteiger partial charge < -0.3 is 16.2 Å². The molecule has 5 nitrogen and oxygen atoms in total. The van der Waals surface area contributed by atoms with Gasteiger partial charge in [-0.1, -0.05) is 5.92 Å². The highest BCUT2D eigenvalue weighted by atomic mass is 32.2. The van der Waals surface area contributed by atoms with Crippen LogP contribution in [0.15, 0.2) is 29.2 Å². The van der Waals surface area contributed by atoms with Crippen molar-refractivity contribution in [2.75, 3.05) is 32.8 Å². The molecule has 0 spiro atoms. The van der Waals surface area contributed by atoms with Crippen LogP contribution in [0.2, 0.25) is 0 Å².